The van der Waals surface area contributed by atoms with Crippen molar-refractivity contribution in [3.05, 3.63) is 0 Å². The van der Waals surface area contributed by atoms with Gasteiger partial charge in [-0.3, -0.25) is 9.59 Å². The van der Waals surface area contributed by atoms with Crippen molar-refractivity contribution >= 4 is 26.2 Å². The average molecular weight is 305 g/mol. The van der Waals surface area contributed by atoms with E-state index in [1.54, 1.807) is 0 Å². The van der Waals surface area contributed by atoms with Gasteiger partial charge in [0.05, 0.1) is 19.8 Å². The molecule has 2 unspecified atom stereocenters. The van der Waals surface area contributed by atoms with E-state index in [-0.39, 0.29) is 59.1 Å². The fraction of sp³-hybridized carbons (Fsp3) is 0.769. The number of methoxy groups -OCH3 is 1. The van der Waals surface area contributed by atoms with Gasteiger partial charge < -0.3 is 21.9 Å². The van der Waals surface area contributed by atoms with Crippen LogP contribution in [0.25, 0.3) is 0 Å². The molecule has 0 aromatic carbocycles. The monoisotopic (exact) mass is 305 g/mol. The van der Waals surface area contributed by atoms with Crippen LogP contribution in [0, 0.1) is 0 Å². The minimum absolute atomic E-state index is 0. The SMILES string of the molecule is COC(=O)C1CCCC(=O)N1.O=C1CCCC(CO)N1.[B].[H-].[Li+]. The van der Waals surface area contributed by atoms with E-state index in [1.807, 2.05) is 0 Å². The molecule has 0 spiro atoms. The molecular formula is C13H23BLiN2O5. The molecule has 119 valence electrons. The number of hydrogen-bond donors (Lipinski definition) is 3. The van der Waals surface area contributed by atoms with E-state index in [1.165, 1.54) is 7.11 Å². The van der Waals surface area contributed by atoms with E-state index in [2.05, 4.69) is 15.4 Å². The third-order valence-electron chi connectivity index (χ3n) is 3.26. The number of carbonyl (C=O) groups excluding carboxylic acids is 3. The standard InChI is InChI=1S/C7H11NO3.C6H11NO2.B.Li.H/c1-11-7(10)5-3-2-4-6(9)8-5;8-4-5-2-1-3-6(9)7-5;;;/h5H,2-4H2,1H3,(H,8,9);5,8H,1-4H2,(H,7,9);;;/q;;;+1;-1. The van der Waals surface area contributed by atoms with Crippen LogP contribution in [0.2, 0.25) is 0 Å². The summed E-state index contributed by atoms with van der Waals surface area (Å²) >= 11 is 0. The molecule has 0 aromatic heterocycles. The van der Waals surface area contributed by atoms with Gasteiger partial charge in [-0.1, -0.05) is 0 Å². The van der Waals surface area contributed by atoms with Crippen LogP contribution in [-0.2, 0) is 19.1 Å². The van der Waals surface area contributed by atoms with Crippen LogP contribution in [0.5, 0.6) is 0 Å². The number of amides is 2. The second kappa shape index (κ2) is 12.6. The van der Waals surface area contributed by atoms with Gasteiger partial charge in [0.25, 0.3) is 0 Å². The zero-order valence-electron chi connectivity index (χ0n) is 14.3. The largest absolute Gasteiger partial charge is 1.00 e. The van der Waals surface area contributed by atoms with Gasteiger partial charge in [-0.2, -0.15) is 0 Å². The Kier molecular flexibility index (Phi) is 13.3. The summed E-state index contributed by atoms with van der Waals surface area (Å²) in [4.78, 5) is 32.3. The molecule has 0 bridgehead atoms. The molecule has 3 N–H and O–H groups in total. The second-order valence-corrected chi connectivity index (χ2v) is 4.87. The Bertz CT molecular complexity index is 376. The molecule has 22 heavy (non-hydrogen) atoms. The van der Waals surface area contributed by atoms with E-state index >= 15 is 0 Å². The van der Waals surface area contributed by atoms with Gasteiger partial charge in [0.1, 0.15) is 6.04 Å². The number of piperidine rings is 2. The smallest absolute Gasteiger partial charge is 1.00 e. The van der Waals surface area contributed by atoms with Crippen LogP contribution >= 0.6 is 0 Å². The Morgan fingerprint density at radius 3 is 2.18 bits per heavy atom. The number of nitrogens with one attached hydrogen (secondary N) is 2. The van der Waals surface area contributed by atoms with Crippen molar-refractivity contribution < 1.29 is 44.5 Å². The van der Waals surface area contributed by atoms with Crippen molar-refractivity contribution in [3.63, 3.8) is 0 Å². The summed E-state index contributed by atoms with van der Waals surface area (Å²) < 4.78 is 4.48. The fourth-order valence-corrected chi connectivity index (χ4v) is 2.14. The maximum absolute atomic E-state index is 10.9. The number of aliphatic hydroxyl groups excluding tert-OH is 1. The molecule has 0 aliphatic carbocycles. The average Bonchev–Trinajstić information content (AvgIpc) is 2.47. The van der Waals surface area contributed by atoms with Gasteiger partial charge in [-0.05, 0) is 25.7 Å². The van der Waals surface area contributed by atoms with Crippen LogP contribution < -0.4 is 29.5 Å². The third kappa shape index (κ3) is 8.47. The molecule has 9 heteroatoms. The Morgan fingerprint density at radius 2 is 1.77 bits per heavy atom. The summed E-state index contributed by atoms with van der Waals surface area (Å²) in [6, 6.07) is -0.396. The van der Waals surface area contributed by atoms with E-state index in [4.69, 9.17) is 5.11 Å². The molecule has 2 saturated heterocycles. The van der Waals surface area contributed by atoms with Crippen molar-refractivity contribution in [1.29, 1.82) is 0 Å². The number of carbonyl (C=O) groups is 3. The quantitative estimate of drug-likeness (QED) is 0.359. The third-order valence-corrected chi connectivity index (χ3v) is 3.26. The maximum Gasteiger partial charge on any atom is 1.00 e. The van der Waals surface area contributed by atoms with Gasteiger partial charge in [-0.15, -0.1) is 0 Å². The molecule has 0 saturated carbocycles. The molecule has 2 rings (SSSR count). The molecule has 2 aliphatic rings. The van der Waals surface area contributed by atoms with Crippen molar-refractivity contribution in [3.8, 4) is 0 Å². The predicted octanol–water partition coefficient (Wildman–Crippen LogP) is -3.79. The van der Waals surface area contributed by atoms with Crippen LogP contribution in [0.4, 0.5) is 0 Å². The van der Waals surface area contributed by atoms with Crippen LogP contribution in [0.3, 0.4) is 0 Å². The molecular weight excluding hydrogens is 282 g/mol. The summed E-state index contributed by atoms with van der Waals surface area (Å²) in [6.45, 7) is 0.0751. The van der Waals surface area contributed by atoms with Gasteiger partial charge in [0.2, 0.25) is 11.8 Å². The topological polar surface area (TPSA) is 105 Å². The molecule has 2 fully saturated rings. The van der Waals surface area contributed by atoms with Crippen molar-refractivity contribution in [2.24, 2.45) is 0 Å². The Morgan fingerprint density at radius 1 is 1.23 bits per heavy atom. The van der Waals surface area contributed by atoms with E-state index in [0.717, 1.165) is 19.3 Å². The summed E-state index contributed by atoms with van der Waals surface area (Å²) in [7, 11) is 1.32. The van der Waals surface area contributed by atoms with Gasteiger partial charge in [-0.25, -0.2) is 4.79 Å². The normalized spacial score (nSPS) is 23.4. The minimum atomic E-state index is -0.416. The summed E-state index contributed by atoms with van der Waals surface area (Å²) in [5.41, 5.74) is 0. The van der Waals surface area contributed by atoms with Crippen molar-refractivity contribution in [1.82, 2.24) is 10.6 Å². The summed E-state index contributed by atoms with van der Waals surface area (Å²) in [6.07, 6.45) is 4.44. The zero-order chi connectivity index (χ0) is 15.0. The number of aliphatic hydroxyl groups is 1. The predicted molar refractivity (Wildman–Crippen MR) is 77.5 cm³/mol. The van der Waals surface area contributed by atoms with Gasteiger partial charge >= 0.3 is 24.8 Å². The molecule has 2 heterocycles. The summed E-state index contributed by atoms with van der Waals surface area (Å²) in [5, 5.41) is 13.8. The molecule has 2 atom stereocenters. The minimum Gasteiger partial charge on any atom is -1.00 e. The van der Waals surface area contributed by atoms with Gasteiger partial charge in [0.15, 0.2) is 0 Å². The first kappa shape index (κ1) is 23.3. The second-order valence-electron chi connectivity index (χ2n) is 4.87. The first-order chi connectivity index (χ1) is 9.56. The van der Waals surface area contributed by atoms with Crippen LogP contribution in [-0.4, -0.2) is 57.1 Å². The van der Waals surface area contributed by atoms with E-state index in [9.17, 15) is 14.4 Å². The first-order valence-electron chi connectivity index (χ1n) is 6.84. The van der Waals surface area contributed by atoms with Crippen molar-refractivity contribution in [2.75, 3.05) is 13.7 Å². The molecule has 0 aromatic rings. The van der Waals surface area contributed by atoms with E-state index < -0.39 is 6.04 Å². The molecule has 2 amide bonds. The number of rotatable bonds is 2. The Balaban J connectivity index is -0.000000312. The zero-order valence-corrected chi connectivity index (χ0v) is 13.3. The van der Waals surface area contributed by atoms with Crippen molar-refractivity contribution in [2.45, 2.75) is 50.6 Å². The number of ether oxygens (including phenoxy) is 1. The van der Waals surface area contributed by atoms with E-state index in [0.29, 0.717) is 19.3 Å². The molecule has 2 aliphatic heterocycles. The number of hydrogen-bond acceptors (Lipinski definition) is 5. The summed E-state index contributed by atoms with van der Waals surface area (Å²) in [5.74, 6) is -0.343. The Hall–Kier alpha value is -0.968. The Labute approximate surface area is 146 Å². The number of esters is 1. The first-order valence-corrected chi connectivity index (χ1v) is 6.84. The van der Waals surface area contributed by atoms with Crippen LogP contribution in [0.1, 0.15) is 40.0 Å². The van der Waals surface area contributed by atoms with Gasteiger partial charge in [0, 0.05) is 21.3 Å². The maximum atomic E-state index is 10.9. The molecule has 7 nitrogen and oxygen atoms in total. The molecule has 3 radical (unpaired) electrons. The van der Waals surface area contributed by atoms with Crippen LogP contribution in [0.15, 0.2) is 0 Å². The fourth-order valence-electron chi connectivity index (χ4n) is 2.14.